The second-order valence-electron chi connectivity index (χ2n) is 9.51. The van der Waals surface area contributed by atoms with Crippen LogP contribution in [0.2, 0.25) is 0 Å². The summed E-state index contributed by atoms with van der Waals surface area (Å²) in [6.07, 6.45) is 9.22. The Bertz CT molecular complexity index is 419. The average molecular weight is 313 g/mol. The number of rotatable bonds is 1. The first-order valence-corrected chi connectivity index (χ1v) is 9.15. The van der Waals surface area contributed by atoms with Gasteiger partial charge in [0.25, 0.3) is 0 Å². The molecule has 0 aliphatic heterocycles. The lowest BCUT2D eigenvalue weighted by molar-refractivity contribution is -0.366. The Morgan fingerprint density at radius 1 is 0.952 bits per heavy atom. The minimum atomic E-state index is -0.354. The SMILES string of the molecule is CC1(C)CCC2[C@](OO)(CCC3C(C)(C)CCC[C@@]32S)C1. The van der Waals surface area contributed by atoms with Crippen molar-refractivity contribution in [2.45, 2.75) is 89.4 Å². The summed E-state index contributed by atoms with van der Waals surface area (Å²) in [7, 11) is 0. The Labute approximate surface area is 135 Å². The van der Waals surface area contributed by atoms with Gasteiger partial charge in [0.05, 0.1) is 0 Å². The molecule has 2 nitrogen and oxygen atoms in total. The van der Waals surface area contributed by atoms with Crippen molar-refractivity contribution in [3.63, 3.8) is 0 Å². The second kappa shape index (κ2) is 4.88. The topological polar surface area (TPSA) is 29.5 Å². The summed E-state index contributed by atoms with van der Waals surface area (Å²) in [5.41, 5.74) is 0.280. The molecule has 0 aromatic rings. The van der Waals surface area contributed by atoms with Crippen LogP contribution in [-0.2, 0) is 4.89 Å². The smallest absolute Gasteiger partial charge is 0.108 e. The van der Waals surface area contributed by atoms with E-state index >= 15 is 0 Å². The molecule has 3 aliphatic carbocycles. The van der Waals surface area contributed by atoms with Gasteiger partial charge in [-0.2, -0.15) is 12.6 Å². The van der Waals surface area contributed by atoms with Gasteiger partial charge in [0, 0.05) is 10.7 Å². The molecule has 122 valence electrons. The summed E-state index contributed by atoms with van der Waals surface area (Å²) in [5.74, 6) is 1.04. The lowest BCUT2D eigenvalue weighted by atomic mass is 9.47. The highest BCUT2D eigenvalue weighted by atomic mass is 32.1. The molecule has 2 unspecified atom stereocenters. The van der Waals surface area contributed by atoms with Gasteiger partial charge in [0.15, 0.2) is 0 Å². The predicted octanol–water partition coefficient (Wildman–Crippen LogP) is 5.33. The van der Waals surface area contributed by atoms with Crippen LogP contribution in [0.15, 0.2) is 0 Å². The summed E-state index contributed by atoms with van der Waals surface area (Å²) < 4.78 is 0.0409. The standard InChI is InChI=1S/C18H32O2S/c1-15(2)10-6-14-17(12-15,20-19)11-7-13-16(3,4)8-5-9-18(13,14)21/h13-14,19,21H,5-12H2,1-4H3/t13?,14?,17-,18+/m0/s1. The minimum absolute atomic E-state index is 0.0409. The Morgan fingerprint density at radius 3 is 2.29 bits per heavy atom. The van der Waals surface area contributed by atoms with Crippen LogP contribution in [0.5, 0.6) is 0 Å². The molecule has 0 amide bonds. The van der Waals surface area contributed by atoms with Gasteiger partial charge >= 0.3 is 0 Å². The molecular weight excluding hydrogens is 280 g/mol. The summed E-state index contributed by atoms with van der Waals surface area (Å²) in [5, 5.41) is 9.81. The monoisotopic (exact) mass is 312 g/mol. The molecule has 0 radical (unpaired) electrons. The van der Waals surface area contributed by atoms with E-state index < -0.39 is 0 Å². The minimum Gasteiger partial charge on any atom is -0.251 e. The van der Waals surface area contributed by atoms with Crippen molar-refractivity contribution in [2.75, 3.05) is 0 Å². The van der Waals surface area contributed by atoms with Crippen molar-refractivity contribution in [3.8, 4) is 0 Å². The molecule has 4 atom stereocenters. The molecule has 3 rings (SSSR count). The second-order valence-corrected chi connectivity index (χ2v) is 10.3. The van der Waals surface area contributed by atoms with Crippen LogP contribution < -0.4 is 0 Å². The van der Waals surface area contributed by atoms with Crippen molar-refractivity contribution in [1.82, 2.24) is 0 Å². The zero-order valence-corrected chi connectivity index (χ0v) is 15.0. The molecule has 3 fully saturated rings. The number of hydrogen-bond acceptors (Lipinski definition) is 3. The third kappa shape index (κ3) is 2.38. The molecule has 0 aromatic heterocycles. The van der Waals surface area contributed by atoms with Gasteiger partial charge in [-0.3, -0.25) is 5.26 Å². The van der Waals surface area contributed by atoms with E-state index in [1.54, 1.807) is 0 Å². The van der Waals surface area contributed by atoms with Crippen molar-refractivity contribution in [3.05, 3.63) is 0 Å². The van der Waals surface area contributed by atoms with Crippen LogP contribution in [0, 0.1) is 22.7 Å². The van der Waals surface area contributed by atoms with Gasteiger partial charge in [-0.15, -0.1) is 0 Å². The molecule has 0 saturated heterocycles. The molecule has 3 heteroatoms. The highest BCUT2D eigenvalue weighted by Gasteiger charge is 2.63. The third-order valence-electron chi connectivity index (χ3n) is 7.11. The Hall–Kier alpha value is 0.270. The molecule has 0 bridgehead atoms. The van der Waals surface area contributed by atoms with E-state index in [0.717, 1.165) is 25.7 Å². The lowest BCUT2D eigenvalue weighted by Gasteiger charge is -2.64. The molecule has 21 heavy (non-hydrogen) atoms. The number of thiol groups is 1. The maximum absolute atomic E-state index is 9.81. The van der Waals surface area contributed by atoms with E-state index in [4.69, 9.17) is 17.5 Å². The molecule has 0 heterocycles. The number of fused-ring (bicyclic) bond motifs is 3. The quantitative estimate of drug-likeness (QED) is 0.389. The third-order valence-corrected chi connectivity index (χ3v) is 7.96. The highest BCUT2D eigenvalue weighted by Crippen LogP contribution is 2.65. The summed E-state index contributed by atoms with van der Waals surface area (Å²) in [6, 6.07) is 0. The Morgan fingerprint density at radius 2 is 1.62 bits per heavy atom. The maximum Gasteiger partial charge on any atom is 0.108 e. The van der Waals surface area contributed by atoms with E-state index in [1.807, 2.05) is 0 Å². The van der Waals surface area contributed by atoms with Crippen molar-refractivity contribution < 1.29 is 10.1 Å². The summed E-state index contributed by atoms with van der Waals surface area (Å²) in [4.78, 5) is 5.25. The molecule has 0 spiro atoms. The van der Waals surface area contributed by atoms with Crippen molar-refractivity contribution in [2.24, 2.45) is 22.7 Å². The number of hydrogen-bond donors (Lipinski definition) is 2. The van der Waals surface area contributed by atoms with E-state index in [1.165, 1.54) is 25.7 Å². The molecule has 0 aromatic carbocycles. The maximum atomic E-state index is 9.81. The highest BCUT2D eigenvalue weighted by molar-refractivity contribution is 7.81. The normalized spacial score (nSPS) is 48.3. The van der Waals surface area contributed by atoms with Crippen LogP contribution in [0.4, 0.5) is 0 Å². The van der Waals surface area contributed by atoms with E-state index in [9.17, 15) is 5.26 Å². The predicted molar refractivity (Wildman–Crippen MR) is 89.6 cm³/mol. The van der Waals surface area contributed by atoms with Crippen molar-refractivity contribution >= 4 is 12.6 Å². The molecule has 3 aliphatic rings. The van der Waals surface area contributed by atoms with Gasteiger partial charge in [-0.25, -0.2) is 4.89 Å². The fourth-order valence-electron chi connectivity index (χ4n) is 6.23. The van der Waals surface area contributed by atoms with Crippen LogP contribution in [0.1, 0.15) is 79.1 Å². The van der Waals surface area contributed by atoms with Crippen molar-refractivity contribution in [1.29, 1.82) is 0 Å². The fraction of sp³-hybridized carbons (Fsp3) is 1.00. The van der Waals surface area contributed by atoms with E-state index in [-0.39, 0.29) is 15.8 Å². The van der Waals surface area contributed by atoms with Gasteiger partial charge in [0.2, 0.25) is 0 Å². The summed E-state index contributed by atoms with van der Waals surface area (Å²) in [6.45, 7) is 9.46. The Kier molecular flexibility index (Phi) is 3.75. The van der Waals surface area contributed by atoms with Gasteiger partial charge in [-0.1, -0.05) is 34.1 Å². The van der Waals surface area contributed by atoms with Crippen LogP contribution in [0.25, 0.3) is 0 Å². The average Bonchev–Trinajstić information content (AvgIpc) is 2.35. The van der Waals surface area contributed by atoms with Gasteiger partial charge in [-0.05, 0) is 61.7 Å². The zero-order chi connectivity index (χ0) is 15.5. The molecule has 3 saturated carbocycles. The largest absolute Gasteiger partial charge is 0.251 e. The van der Waals surface area contributed by atoms with Crippen LogP contribution >= 0.6 is 12.6 Å². The zero-order valence-electron chi connectivity index (χ0n) is 14.1. The van der Waals surface area contributed by atoms with E-state index in [0.29, 0.717) is 17.3 Å². The van der Waals surface area contributed by atoms with Crippen LogP contribution in [-0.4, -0.2) is 15.6 Å². The van der Waals surface area contributed by atoms with Crippen LogP contribution in [0.3, 0.4) is 0 Å². The van der Waals surface area contributed by atoms with Gasteiger partial charge in [0.1, 0.15) is 5.60 Å². The lowest BCUT2D eigenvalue weighted by Crippen LogP contribution is -2.64. The Balaban J connectivity index is 1.98. The molecular formula is C18H32O2S. The summed E-state index contributed by atoms with van der Waals surface area (Å²) >= 11 is 5.29. The molecule has 1 N–H and O–H groups in total. The first kappa shape index (κ1) is 16.1. The fourth-order valence-corrected chi connectivity index (χ4v) is 7.23. The first-order chi connectivity index (χ1) is 9.65. The van der Waals surface area contributed by atoms with E-state index in [2.05, 4.69) is 27.7 Å². The first-order valence-electron chi connectivity index (χ1n) is 8.70. The van der Waals surface area contributed by atoms with Gasteiger partial charge < -0.3 is 0 Å².